The van der Waals surface area contributed by atoms with Crippen LogP contribution in [0.25, 0.3) is 0 Å². The van der Waals surface area contributed by atoms with Crippen molar-refractivity contribution in [3.8, 4) is 5.75 Å². The maximum atomic E-state index is 12.3. The van der Waals surface area contributed by atoms with E-state index in [4.69, 9.17) is 4.74 Å². The number of anilines is 1. The Bertz CT molecular complexity index is 474. The van der Waals surface area contributed by atoms with Gasteiger partial charge in [-0.1, -0.05) is 6.92 Å². The first-order valence-electron chi connectivity index (χ1n) is 7.38. The zero-order valence-electron chi connectivity index (χ0n) is 12.5. The summed E-state index contributed by atoms with van der Waals surface area (Å²) in [6.07, 6.45) is 2.05. The van der Waals surface area contributed by atoms with Gasteiger partial charge < -0.3 is 15.4 Å². The third-order valence-corrected chi connectivity index (χ3v) is 3.75. The van der Waals surface area contributed by atoms with Gasteiger partial charge in [-0.15, -0.1) is 0 Å². The zero-order chi connectivity index (χ0) is 14.5. The first-order valence-corrected chi connectivity index (χ1v) is 7.38. The van der Waals surface area contributed by atoms with Crippen LogP contribution in [0.3, 0.4) is 0 Å². The number of ether oxygens (including phenoxy) is 1. The number of benzene rings is 1. The smallest absolute Gasteiger partial charge is 0.241 e. The van der Waals surface area contributed by atoms with Gasteiger partial charge in [0.25, 0.3) is 0 Å². The Kier molecular flexibility index (Phi) is 5.01. The van der Waals surface area contributed by atoms with Gasteiger partial charge in [-0.25, -0.2) is 0 Å². The highest BCUT2D eigenvalue weighted by molar-refractivity contribution is 5.95. The van der Waals surface area contributed by atoms with E-state index in [9.17, 15) is 4.79 Å². The van der Waals surface area contributed by atoms with Crippen LogP contribution in [-0.2, 0) is 4.79 Å². The summed E-state index contributed by atoms with van der Waals surface area (Å²) < 4.78 is 5.45. The first kappa shape index (κ1) is 14.9. The van der Waals surface area contributed by atoms with Crippen LogP contribution < -0.4 is 15.4 Å². The number of nitrogens with one attached hydrogen (secondary N) is 2. The Hall–Kier alpha value is -1.55. The minimum absolute atomic E-state index is 0.0591. The highest BCUT2D eigenvalue weighted by Crippen LogP contribution is 2.22. The highest BCUT2D eigenvalue weighted by atomic mass is 16.5. The Morgan fingerprint density at radius 2 is 2.30 bits per heavy atom. The molecule has 1 fully saturated rings. The van der Waals surface area contributed by atoms with Crippen molar-refractivity contribution in [1.29, 1.82) is 0 Å². The molecule has 2 rings (SSSR count). The number of hydrogen-bond donors (Lipinski definition) is 2. The second kappa shape index (κ2) is 6.75. The molecule has 2 unspecified atom stereocenters. The zero-order valence-corrected chi connectivity index (χ0v) is 12.5. The van der Waals surface area contributed by atoms with Gasteiger partial charge in [0.1, 0.15) is 5.75 Å². The van der Waals surface area contributed by atoms with Crippen LogP contribution >= 0.6 is 0 Å². The minimum Gasteiger partial charge on any atom is -0.494 e. The SMILES string of the molecule is CCOc1ccc(NC(=O)C2CC(C)CCN2)c(C)c1. The molecule has 2 atom stereocenters. The van der Waals surface area contributed by atoms with Gasteiger partial charge in [-0.05, 0) is 62.9 Å². The Morgan fingerprint density at radius 1 is 1.50 bits per heavy atom. The van der Waals surface area contributed by atoms with Crippen molar-refractivity contribution in [2.75, 3.05) is 18.5 Å². The second-order valence-corrected chi connectivity index (χ2v) is 5.54. The molecule has 1 aliphatic heterocycles. The molecule has 110 valence electrons. The summed E-state index contributed by atoms with van der Waals surface area (Å²) in [6.45, 7) is 7.70. The van der Waals surface area contributed by atoms with Crippen molar-refractivity contribution >= 4 is 11.6 Å². The number of aryl methyl sites for hydroxylation is 1. The monoisotopic (exact) mass is 276 g/mol. The van der Waals surface area contributed by atoms with Gasteiger partial charge in [0.15, 0.2) is 0 Å². The number of rotatable bonds is 4. The summed E-state index contributed by atoms with van der Waals surface area (Å²) in [5.74, 6) is 1.50. The molecule has 4 heteroatoms. The molecule has 0 saturated carbocycles. The predicted molar refractivity (Wildman–Crippen MR) is 81.2 cm³/mol. The summed E-state index contributed by atoms with van der Waals surface area (Å²) in [4.78, 5) is 12.3. The highest BCUT2D eigenvalue weighted by Gasteiger charge is 2.24. The Balaban J connectivity index is 2.00. The number of piperidine rings is 1. The molecule has 0 radical (unpaired) electrons. The lowest BCUT2D eigenvalue weighted by molar-refractivity contribution is -0.119. The van der Waals surface area contributed by atoms with Crippen molar-refractivity contribution in [3.63, 3.8) is 0 Å². The normalized spacial score (nSPS) is 22.4. The van der Waals surface area contributed by atoms with Crippen LogP contribution in [0.15, 0.2) is 18.2 Å². The molecular weight excluding hydrogens is 252 g/mol. The summed E-state index contributed by atoms with van der Waals surface area (Å²) in [7, 11) is 0. The number of hydrogen-bond acceptors (Lipinski definition) is 3. The van der Waals surface area contributed by atoms with Crippen LogP contribution in [0.1, 0.15) is 32.3 Å². The molecule has 1 aromatic rings. The van der Waals surface area contributed by atoms with Gasteiger partial charge >= 0.3 is 0 Å². The van der Waals surface area contributed by atoms with Crippen LogP contribution in [-0.4, -0.2) is 25.1 Å². The van der Waals surface area contributed by atoms with E-state index in [0.717, 1.165) is 36.4 Å². The fraction of sp³-hybridized carbons (Fsp3) is 0.562. The number of carbonyl (C=O) groups is 1. The molecular formula is C16H24N2O2. The molecule has 20 heavy (non-hydrogen) atoms. The number of carbonyl (C=O) groups excluding carboxylic acids is 1. The van der Waals surface area contributed by atoms with E-state index in [2.05, 4.69) is 17.6 Å². The van der Waals surface area contributed by atoms with Gasteiger partial charge in [0.2, 0.25) is 5.91 Å². The standard InChI is InChI=1S/C16H24N2O2/c1-4-20-13-5-6-14(12(3)10-13)18-16(19)15-9-11(2)7-8-17-15/h5-6,10-11,15,17H,4,7-9H2,1-3H3,(H,18,19). The molecule has 4 nitrogen and oxygen atoms in total. The van der Waals surface area contributed by atoms with Crippen molar-refractivity contribution in [3.05, 3.63) is 23.8 Å². The average molecular weight is 276 g/mol. The van der Waals surface area contributed by atoms with Crippen LogP contribution in [0, 0.1) is 12.8 Å². The van der Waals surface area contributed by atoms with E-state index in [0.29, 0.717) is 12.5 Å². The molecule has 2 N–H and O–H groups in total. The topological polar surface area (TPSA) is 50.4 Å². The molecule has 1 aromatic carbocycles. The lowest BCUT2D eigenvalue weighted by Crippen LogP contribution is -2.45. The Labute approximate surface area is 120 Å². The Morgan fingerprint density at radius 3 is 2.95 bits per heavy atom. The van der Waals surface area contributed by atoms with Crippen molar-refractivity contribution in [2.24, 2.45) is 5.92 Å². The van der Waals surface area contributed by atoms with E-state index in [1.807, 2.05) is 32.0 Å². The molecule has 0 bridgehead atoms. The predicted octanol–water partition coefficient (Wildman–Crippen LogP) is 2.72. The molecule has 0 spiro atoms. The number of amides is 1. The molecule has 1 saturated heterocycles. The van der Waals surface area contributed by atoms with Crippen molar-refractivity contribution in [2.45, 2.75) is 39.7 Å². The largest absolute Gasteiger partial charge is 0.494 e. The van der Waals surface area contributed by atoms with Crippen LogP contribution in [0.2, 0.25) is 0 Å². The first-order chi connectivity index (χ1) is 9.60. The summed E-state index contributed by atoms with van der Waals surface area (Å²) in [6, 6.07) is 5.67. The fourth-order valence-corrected chi connectivity index (χ4v) is 2.56. The second-order valence-electron chi connectivity index (χ2n) is 5.54. The summed E-state index contributed by atoms with van der Waals surface area (Å²) >= 11 is 0. The maximum absolute atomic E-state index is 12.3. The molecule has 0 aromatic heterocycles. The van der Waals surface area contributed by atoms with Crippen molar-refractivity contribution in [1.82, 2.24) is 5.32 Å². The van der Waals surface area contributed by atoms with E-state index in [-0.39, 0.29) is 11.9 Å². The molecule has 1 aliphatic rings. The molecule has 1 amide bonds. The van der Waals surface area contributed by atoms with Gasteiger partial charge in [0.05, 0.1) is 12.6 Å². The van der Waals surface area contributed by atoms with Gasteiger partial charge in [0, 0.05) is 5.69 Å². The molecule has 0 aliphatic carbocycles. The summed E-state index contributed by atoms with van der Waals surface area (Å²) in [5, 5.41) is 6.30. The average Bonchev–Trinajstić information content (AvgIpc) is 2.42. The van der Waals surface area contributed by atoms with Crippen molar-refractivity contribution < 1.29 is 9.53 Å². The van der Waals surface area contributed by atoms with Crippen LogP contribution in [0.5, 0.6) is 5.75 Å². The van der Waals surface area contributed by atoms with E-state index in [1.165, 1.54) is 0 Å². The van der Waals surface area contributed by atoms with Crippen LogP contribution in [0.4, 0.5) is 5.69 Å². The lowest BCUT2D eigenvalue weighted by atomic mass is 9.94. The molecule has 1 heterocycles. The third kappa shape index (κ3) is 3.73. The fourth-order valence-electron chi connectivity index (χ4n) is 2.56. The minimum atomic E-state index is -0.0790. The maximum Gasteiger partial charge on any atom is 0.241 e. The van der Waals surface area contributed by atoms with E-state index >= 15 is 0 Å². The summed E-state index contributed by atoms with van der Waals surface area (Å²) in [5.41, 5.74) is 1.88. The van der Waals surface area contributed by atoms with E-state index in [1.54, 1.807) is 0 Å². The third-order valence-electron chi connectivity index (χ3n) is 3.75. The van der Waals surface area contributed by atoms with Gasteiger partial charge in [-0.3, -0.25) is 4.79 Å². The lowest BCUT2D eigenvalue weighted by Gasteiger charge is -2.27. The van der Waals surface area contributed by atoms with E-state index < -0.39 is 0 Å². The van der Waals surface area contributed by atoms with Gasteiger partial charge in [-0.2, -0.15) is 0 Å². The quantitative estimate of drug-likeness (QED) is 0.889.